The molecule has 6 heteroatoms. The lowest BCUT2D eigenvalue weighted by Gasteiger charge is -2.17. The normalized spacial score (nSPS) is 10.7. The van der Waals surface area contributed by atoms with E-state index in [1.54, 1.807) is 4.90 Å². The van der Waals surface area contributed by atoms with E-state index in [9.17, 15) is 4.79 Å². The summed E-state index contributed by atoms with van der Waals surface area (Å²) in [6.45, 7) is 7.63. The van der Waals surface area contributed by atoms with E-state index in [0.717, 1.165) is 5.69 Å². The highest BCUT2D eigenvalue weighted by Gasteiger charge is 2.11. The summed E-state index contributed by atoms with van der Waals surface area (Å²) in [5, 5.41) is 0. The second-order valence-corrected chi connectivity index (χ2v) is 3.88. The van der Waals surface area contributed by atoms with Crippen molar-refractivity contribution in [3.05, 3.63) is 17.3 Å². The molecule has 0 fully saturated rings. The molecule has 1 amide bonds. The van der Waals surface area contributed by atoms with Gasteiger partial charge in [0.15, 0.2) is 0 Å². The van der Waals surface area contributed by atoms with Crippen LogP contribution in [0.4, 0.5) is 0 Å². The fourth-order valence-corrected chi connectivity index (χ4v) is 1.63. The summed E-state index contributed by atoms with van der Waals surface area (Å²) < 4.78 is 10.7. The van der Waals surface area contributed by atoms with Gasteiger partial charge in [-0.05, 0) is 20.8 Å². The molecule has 0 bridgehead atoms. The number of amides is 1. The lowest BCUT2D eigenvalue weighted by atomic mass is 10.4. The van der Waals surface area contributed by atoms with E-state index in [4.69, 9.17) is 14.9 Å². The molecule has 0 saturated carbocycles. The van der Waals surface area contributed by atoms with Crippen molar-refractivity contribution in [1.29, 1.82) is 0 Å². The first kappa shape index (κ1) is 14.7. The Kier molecular flexibility index (Phi) is 5.80. The van der Waals surface area contributed by atoms with Crippen LogP contribution in [0.15, 0.2) is 4.42 Å². The van der Waals surface area contributed by atoms with Crippen LogP contribution in [0.25, 0.3) is 0 Å². The number of carbonyl (C=O) groups is 1. The number of rotatable bonds is 7. The van der Waals surface area contributed by atoms with Crippen molar-refractivity contribution in [1.82, 2.24) is 9.88 Å². The van der Waals surface area contributed by atoms with Crippen molar-refractivity contribution >= 4 is 5.91 Å². The van der Waals surface area contributed by atoms with Crippen LogP contribution in [-0.2, 0) is 22.7 Å². The summed E-state index contributed by atoms with van der Waals surface area (Å²) >= 11 is 0. The molecule has 0 aliphatic rings. The Bertz CT molecular complexity index is 386. The first-order valence-corrected chi connectivity index (χ1v) is 6.13. The third-order valence-corrected chi connectivity index (χ3v) is 2.69. The standard InChI is InChI=1S/C12H21N3O3/c1-4-15(5-2)12(16)8-17-7-11-14-9(3)10(6-13)18-11/h4-8,13H2,1-3H3. The monoisotopic (exact) mass is 255 g/mol. The topological polar surface area (TPSA) is 81.6 Å². The smallest absolute Gasteiger partial charge is 0.248 e. The second kappa shape index (κ2) is 7.13. The van der Waals surface area contributed by atoms with Gasteiger partial charge in [-0.2, -0.15) is 0 Å². The lowest BCUT2D eigenvalue weighted by Crippen LogP contribution is -2.33. The molecule has 0 spiro atoms. The minimum atomic E-state index is -0.0256. The molecule has 0 radical (unpaired) electrons. The SMILES string of the molecule is CCN(CC)C(=O)COCc1nc(C)c(CN)o1. The molecular weight excluding hydrogens is 234 g/mol. The Hall–Kier alpha value is -1.40. The van der Waals surface area contributed by atoms with Crippen molar-refractivity contribution in [2.75, 3.05) is 19.7 Å². The molecule has 0 atom stereocenters. The fourth-order valence-electron chi connectivity index (χ4n) is 1.63. The zero-order chi connectivity index (χ0) is 13.5. The third-order valence-electron chi connectivity index (χ3n) is 2.69. The first-order valence-electron chi connectivity index (χ1n) is 6.13. The van der Waals surface area contributed by atoms with E-state index in [-0.39, 0.29) is 19.1 Å². The lowest BCUT2D eigenvalue weighted by molar-refractivity contribution is -0.136. The average Bonchev–Trinajstić information content (AvgIpc) is 2.71. The summed E-state index contributed by atoms with van der Waals surface area (Å²) in [6.07, 6.45) is 0. The molecule has 0 aliphatic heterocycles. The van der Waals surface area contributed by atoms with Crippen LogP contribution in [0.1, 0.15) is 31.2 Å². The zero-order valence-electron chi connectivity index (χ0n) is 11.2. The van der Waals surface area contributed by atoms with Crippen molar-refractivity contribution < 1.29 is 13.9 Å². The second-order valence-electron chi connectivity index (χ2n) is 3.88. The van der Waals surface area contributed by atoms with E-state index in [1.165, 1.54) is 0 Å². The third kappa shape index (κ3) is 3.82. The molecule has 102 valence electrons. The highest BCUT2D eigenvalue weighted by atomic mass is 16.5. The molecule has 1 aromatic rings. The maximum Gasteiger partial charge on any atom is 0.248 e. The molecule has 1 heterocycles. The highest BCUT2D eigenvalue weighted by molar-refractivity contribution is 5.77. The molecule has 18 heavy (non-hydrogen) atoms. The number of aromatic nitrogens is 1. The van der Waals surface area contributed by atoms with Gasteiger partial charge < -0.3 is 19.8 Å². The number of hydrogen-bond acceptors (Lipinski definition) is 5. The largest absolute Gasteiger partial charge is 0.442 e. The minimum absolute atomic E-state index is 0.0256. The van der Waals surface area contributed by atoms with Gasteiger partial charge in [0, 0.05) is 13.1 Å². The minimum Gasteiger partial charge on any atom is -0.442 e. The summed E-state index contributed by atoms with van der Waals surface area (Å²) in [4.78, 5) is 17.5. The number of aryl methyl sites for hydroxylation is 1. The van der Waals surface area contributed by atoms with Crippen LogP contribution in [0.3, 0.4) is 0 Å². The van der Waals surface area contributed by atoms with Crippen LogP contribution >= 0.6 is 0 Å². The molecule has 0 unspecified atom stereocenters. The molecule has 1 rings (SSSR count). The van der Waals surface area contributed by atoms with Gasteiger partial charge in [0.2, 0.25) is 11.8 Å². The van der Waals surface area contributed by atoms with Crippen molar-refractivity contribution in [2.24, 2.45) is 5.73 Å². The zero-order valence-corrected chi connectivity index (χ0v) is 11.2. The van der Waals surface area contributed by atoms with Gasteiger partial charge in [0.05, 0.1) is 12.2 Å². The Labute approximate surface area is 107 Å². The van der Waals surface area contributed by atoms with Gasteiger partial charge >= 0.3 is 0 Å². The van der Waals surface area contributed by atoms with Gasteiger partial charge in [-0.3, -0.25) is 4.79 Å². The van der Waals surface area contributed by atoms with Gasteiger partial charge in [0.25, 0.3) is 0 Å². The van der Waals surface area contributed by atoms with Crippen molar-refractivity contribution in [3.8, 4) is 0 Å². The molecule has 2 N–H and O–H groups in total. The maximum absolute atomic E-state index is 11.7. The van der Waals surface area contributed by atoms with Gasteiger partial charge in [-0.1, -0.05) is 0 Å². The Balaban J connectivity index is 2.39. The summed E-state index contributed by atoms with van der Waals surface area (Å²) in [7, 11) is 0. The van der Waals surface area contributed by atoms with E-state index in [0.29, 0.717) is 31.3 Å². The van der Waals surface area contributed by atoms with E-state index < -0.39 is 0 Å². The Morgan fingerprint density at radius 2 is 2.11 bits per heavy atom. The number of oxazole rings is 1. The highest BCUT2D eigenvalue weighted by Crippen LogP contribution is 2.10. The molecular formula is C12H21N3O3. The predicted molar refractivity (Wildman–Crippen MR) is 66.7 cm³/mol. The average molecular weight is 255 g/mol. The predicted octanol–water partition coefficient (Wildman–Crippen LogP) is 0.827. The molecule has 0 aliphatic carbocycles. The number of ether oxygens (including phenoxy) is 1. The summed E-state index contributed by atoms with van der Waals surface area (Å²) in [5.74, 6) is 1.09. The fraction of sp³-hybridized carbons (Fsp3) is 0.667. The van der Waals surface area contributed by atoms with Crippen LogP contribution in [0.2, 0.25) is 0 Å². The summed E-state index contributed by atoms with van der Waals surface area (Å²) in [6, 6.07) is 0. The summed E-state index contributed by atoms with van der Waals surface area (Å²) in [5.41, 5.74) is 6.25. The number of hydrogen-bond donors (Lipinski definition) is 1. The first-order chi connectivity index (χ1) is 8.62. The molecule has 0 saturated heterocycles. The van der Waals surface area contributed by atoms with E-state index in [2.05, 4.69) is 4.98 Å². The Morgan fingerprint density at radius 3 is 2.61 bits per heavy atom. The Morgan fingerprint density at radius 1 is 1.44 bits per heavy atom. The van der Waals surface area contributed by atoms with Crippen LogP contribution < -0.4 is 5.73 Å². The van der Waals surface area contributed by atoms with Crippen molar-refractivity contribution in [3.63, 3.8) is 0 Å². The van der Waals surface area contributed by atoms with Gasteiger partial charge in [-0.15, -0.1) is 0 Å². The van der Waals surface area contributed by atoms with E-state index >= 15 is 0 Å². The van der Waals surface area contributed by atoms with E-state index in [1.807, 2.05) is 20.8 Å². The maximum atomic E-state index is 11.7. The molecule has 6 nitrogen and oxygen atoms in total. The molecule has 1 aromatic heterocycles. The number of likely N-dealkylation sites (N-methyl/N-ethyl adjacent to an activating group) is 1. The number of carbonyl (C=O) groups excluding carboxylic acids is 1. The van der Waals surface area contributed by atoms with Gasteiger partial charge in [0.1, 0.15) is 19.0 Å². The molecule has 0 aromatic carbocycles. The van der Waals surface area contributed by atoms with Crippen LogP contribution in [0.5, 0.6) is 0 Å². The van der Waals surface area contributed by atoms with Crippen LogP contribution in [0, 0.1) is 6.92 Å². The van der Waals surface area contributed by atoms with Crippen LogP contribution in [-0.4, -0.2) is 35.5 Å². The number of nitrogens with two attached hydrogens (primary N) is 1. The van der Waals surface area contributed by atoms with Gasteiger partial charge in [-0.25, -0.2) is 4.98 Å². The van der Waals surface area contributed by atoms with Crippen molar-refractivity contribution in [2.45, 2.75) is 33.9 Å². The number of nitrogens with zero attached hydrogens (tertiary/aromatic N) is 2. The quantitative estimate of drug-likeness (QED) is 0.780.